The SMILES string of the molecule is CC(C)NC(=O)N(C)C[C@@H]1OCCCC[C@@H](C)Oc2ccc(NC(=O)C3CCCCC3)cc2C(=O)N([C@H](C)CO)C[C@@H]1C. The van der Waals surface area contributed by atoms with Crippen molar-refractivity contribution in [1.29, 1.82) is 0 Å². The number of hydrogen-bond donors (Lipinski definition) is 3. The van der Waals surface area contributed by atoms with Crippen LogP contribution in [0.15, 0.2) is 18.2 Å². The van der Waals surface area contributed by atoms with Gasteiger partial charge in [0.2, 0.25) is 5.91 Å². The largest absolute Gasteiger partial charge is 0.490 e. The fourth-order valence-electron chi connectivity index (χ4n) is 5.78. The second-order valence-electron chi connectivity index (χ2n) is 12.8. The molecule has 3 N–H and O–H groups in total. The Bertz CT molecular complexity index is 1060. The number of urea groups is 1. The normalized spacial score (nSPS) is 23.5. The van der Waals surface area contributed by atoms with Crippen LogP contribution in [0.2, 0.25) is 0 Å². The lowest BCUT2D eigenvalue weighted by Crippen LogP contribution is -2.49. The summed E-state index contributed by atoms with van der Waals surface area (Å²) in [7, 11) is 1.75. The molecule has 4 amide bonds. The van der Waals surface area contributed by atoms with E-state index < -0.39 is 6.04 Å². The third-order valence-corrected chi connectivity index (χ3v) is 8.51. The first-order valence-electron chi connectivity index (χ1n) is 16.2. The van der Waals surface area contributed by atoms with Crippen LogP contribution in [0, 0.1) is 11.8 Å². The van der Waals surface area contributed by atoms with Gasteiger partial charge in [0.05, 0.1) is 30.4 Å². The highest BCUT2D eigenvalue weighted by atomic mass is 16.5. The Kier molecular flexibility index (Phi) is 13.6. The Morgan fingerprint density at radius 3 is 2.44 bits per heavy atom. The van der Waals surface area contributed by atoms with Crippen molar-refractivity contribution in [2.75, 3.05) is 38.7 Å². The first kappa shape index (κ1) is 34.6. The van der Waals surface area contributed by atoms with Crippen molar-refractivity contribution in [3.63, 3.8) is 0 Å². The van der Waals surface area contributed by atoms with E-state index in [-0.39, 0.29) is 54.5 Å². The quantitative estimate of drug-likeness (QED) is 0.402. The van der Waals surface area contributed by atoms with Gasteiger partial charge in [0.25, 0.3) is 5.91 Å². The predicted octanol–water partition coefficient (Wildman–Crippen LogP) is 5.05. The molecule has 1 aromatic rings. The molecule has 0 aromatic heterocycles. The van der Waals surface area contributed by atoms with E-state index >= 15 is 0 Å². The number of carbonyl (C=O) groups excluding carboxylic acids is 3. The molecule has 1 aliphatic heterocycles. The molecule has 0 unspecified atom stereocenters. The molecule has 3 rings (SSSR count). The molecule has 0 spiro atoms. The number of nitrogens with zero attached hydrogens (tertiary/aromatic N) is 2. The fourth-order valence-corrected chi connectivity index (χ4v) is 5.78. The molecule has 1 fully saturated rings. The molecular weight excluding hydrogens is 548 g/mol. The maximum Gasteiger partial charge on any atom is 0.317 e. The van der Waals surface area contributed by atoms with Crippen LogP contribution in [-0.2, 0) is 9.53 Å². The second kappa shape index (κ2) is 16.9. The van der Waals surface area contributed by atoms with E-state index in [4.69, 9.17) is 9.47 Å². The van der Waals surface area contributed by atoms with Crippen LogP contribution in [0.3, 0.4) is 0 Å². The summed E-state index contributed by atoms with van der Waals surface area (Å²) in [6.07, 6.45) is 7.10. The van der Waals surface area contributed by atoms with Crippen LogP contribution in [-0.4, -0.2) is 90.4 Å². The van der Waals surface area contributed by atoms with Crippen LogP contribution in [0.1, 0.15) is 96.3 Å². The van der Waals surface area contributed by atoms with Crippen LogP contribution in [0.4, 0.5) is 10.5 Å². The molecule has 2 aliphatic rings. The zero-order valence-corrected chi connectivity index (χ0v) is 27.1. The van der Waals surface area contributed by atoms with Crippen molar-refractivity contribution in [2.24, 2.45) is 11.8 Å². The number of rotatable bonds is 7. The van der Waals surface area contributed by atoms with Gasteiger partial charge in [-0.05, 0) is 78.0 Å². The molecule has 10 heteroatoms. The van der Waals surface area contributed by atoms with Crippen LogP contribution in [0.25, 0.3) is 0 Å². The van der Waals surface area contributed by atoms with Gasteiger partial charge in [-0.3, -0.25) is 9.59 Å². The lowest BCUT2D eigenvalue weighted by molar-refractivity contribution is -0.120. The van der Waals surface area contributed by atoms with E-state index in [1.807, 2.05) is 34.6 Å². The van der Waals surface area contributed by atoms with E-state index in [0.717, 1.165) is 51.4 Å². The third-order valence-electron chi connectivity index (χ3n) is 8.51. The molecule has 1 aliphatic carbocycles. The van der Waals surface area contributed by atoms with Gasteiger partial charge in [0.1, 0.15) is 5.75 Å². The Labute approximate surface area is 257 Å². The number of carbonyl (C=O) groups is 3. The number of likely N-dealkylation sites (N-methyl/N-ethyl adjacent to an activating group) is 1. The highest BCUT2D eigenvalue weighted by Crippen LogP contribution is 2.30. The first-order chi connectivity index (χ1) is 20.5. The fraction of sp³-hybridized carbons (Fsp3) is 0.727. The smallest absolute Gasteiger partial charge is 0.317 e. The van der Waals surface area contributed by atoms with Gasteiger partial charge in [-0.25, -0.2) is 4.79 Å². The number of nitrogens with one attached hydrogen (secondary N) is 2. The molecule has 10 nitrogen and oxygen atoms in total. The molecule has 1 aromatic carbocycles. The van der Waals surface area contributed by atoms with Gasteiger partial charge < -0.3 is 35.0 Å². The summed E-state index contributed by atoms with van der Waals surface area (Å²) in [6.45, 7) is 10.6. The Hall–Kier alpha value is -2.85. The summed E-state index contributed by atoms with van der Waals surface area (Å²) in [6, 6.07) is 4.63. The van der Waals surface area contributed by atoms with Crippen molar-refractivity contribution in [2.45, 2.75) is 110 Å². The average Bonchev–Trinajstić information content (AvgIpc) is 2.98. The molecule has 1 heterocycles. The maximum absolute atomic E-state index is 14.3. The summed E-state index contributed by atoms with van der Waals surface area (Å²) >= 11 is 0. The number of aliphatic hydroxyl groups is 1. The molecule has 242 valence electrons. The summed E-state index contributed by atoms with van der Waals surface area (Å²) in [5.41, 5.74) is 0.910. The lowest BCUT2D eigenvalue weighted by Gasteiger charge is -2.36. The molecule has 43 heavy (non-hydrogen) atoms. The van der Waals surface area contributed by atoms with Crippen molar-refractivity contribution in [3.8, 4) is 5.75 Å². The Balaban J connectivity index is 1.91. The number of ether oxygens (including phenoxy) is 2. The number of benzene rings is 1. The van der Waals surface area contributed by atoms with Crippen molar-refractivity contribution >= 4 is 23.5 Å². The van der Waals surface area contributed by atoms with Crippen LogP contribution < -0.4 is 15.4 Å². The summed E-state index contributed by atoms with van der Waals surface area (Å²) in [4.78, 5) is 43.2. The summed E-state index contributed by atoms with van der Waals surface area (Å²) < 4.78 is 12.6. The van der Waals surface area contributed by atoms with Gasteiger partial charge in [0, 0.05) is 50.3 Å². The molecule has 0 bridgehead atoms. The van der Waals surface area contributed by atoms with Crippen molar-refractivity contribution in [1.82, 2.24) is 15.1 Å². The zero-order chi connectivity index (χ0) is 31.5. The molecule has 0 saturated heterocycles. The van der Waals surface area contributed by atoms with Crippen molar-refractivity contribution in [3.05, 3.63) is 23.8 Å². The monoisotopic (exact) mass is 602 g/mol. The van der Waals surface area contributed by atoms with E-state index in [0.29, 0.717) is 36.7 Å². The van der Waals surface area contributed by atoms with Gasteiger partial charge in [-0.2, -0.15) is 0 Å². The number of hydrogen-bond acceptors (Lipinski definition) is 6. The topological polar surface area (TPSA) is 120 Å². The Morgan fingerprint density at radius 1 is 1.07 bits per heavy atom. The van der Waals surface area contributed by atoms with E-state index in [2.05, 4.69) is 10.6 Å². The molecular formula is C33H54N4O6. The number of anilines is 1. The molecule has 0 radical (unpaired) electrons. The zero-order valence-electron chi connectivity index (χ0n) is 27.1. The van der Waals surface area contributed by atoms with Crippen LogP contribution >= 0.6 is 0 Å². The van der Waals surface area contributed by atoms with Gasteiger partial charge >= 0.3 is 6.03 Å². The first-order valence-corrected chi connectivity index (χ1v) is 16.2. The molecule has 4 atom stereocenters. The third kappa shape index (κ3) is 10.4. The van der Waals surface area contributed by atoms with E-state index in [1.165, 1.54) is 0 Å². The summed E-state index contributed by atoms with van der Waals surface area (Å²) in [5, 5.41) is 16.1. The van der Waals surface area contributed by atoms with Crippen LogP contribution in [0.5, 0.6) is 5.75 Å². The average molecular weight is 603 g/mol. The highest BCUT2D eigenvalue weighted by molar-refractivity contribution is 6.00. The predicted molar refractivity (Wildman–Crippen MR) is 168 cm³/mol. The van der Waals surface area contributed by atoms with Crippen molar-refractivity contribution < 1.29 is 29.0 Å². The van der Waals surface area contributed by atoms with Gasteiger partial charge in [0.15, 0.2) is 0 Å². The molecule has 1 saturated carbocycles. The lowest BCUT2D eigenvalue weighted by atomic mass is 9.88. The number of aliphatic hydroxyl groups excluding tert-OH is 1. The minimum atomic E-state index is -0.476. The van der Waals surface area contributed by atoms with E-state index in [9.17, 15) is 19.5 Å². The minimum Gasteiger partial charge on any atom is -0.490 e. The Morgan fingerprint density at radius 2 is 1.77 bits per heavy atom. The minimum absolute atomic E-state index is 0.0115. The number of amides is 4. The second-order valence-corrected chi connectivity index (χ2v) is 12.8. The standard InChI is InChI=1S/C33H54N4O6/c1-22(2)34-33(41)36(6)20-30-23(3)19-37(24(4)21-38)32(40)28-18-27(35-31(39)26-13-8-7-9-14-26)15-16-29(28)43-25(5)12-10-11-17-42-30/h15-16,18,22-26,30,38H,7-14,17,19-21H2,1-6H3,(H,34,41)(H,35,39)/t23-,24+,25+,30-/m0/s1. The number of fused-ring (bicyclic) bond motifs is 1. The van der Waals surface area contributed by atoms with E-state index in [1.54, 1.807) is 35.0 Å². The van der Waals surface area contributed by atoms with Gasteiger partial charge in [-0.1, -0.05) is 26.2 Å². The highest BCUT2D eigenvalue weighted by Gasteiger charge is 2.31. The summed E-state index contributed by atoms with van der Waals surface area (Å²) in [5.74, 6) is 0.00518. The maximum atomic E-state index is 14.3. The van der Waals surface area contributed by atoms with Gasteiger partial charge in [-0.15, -0.1) is 0 Å².